The summed E-state index contributed by atoms with van der Waals surface area (Å²) in [7, 11) is 2.90. The number of aryl methyl sites for hydroxylation is 3. The van der Waals surface area contributed by atoms with Crippen LogP contribution in [0.3, 0.4) is 0 Å². The van der Waals surface area contributed by atoms with Gasteiger partial charge in [-0.15, -0.1) is 0 Å². The molecule has 24 heteroatoms. The van der Waals surface area contributed by atoms with Crippen LogP contribution < -0.4 is 11.1 Å². The van der Waals surface area contributed by atoms with Gasteiger partial charge in [-0.05, 0) is 73.3 Å². The Morgan fingerprint density at radius 1 is 0.382 bits per heavy atom. The minimum absolute atomic E-state index is 0.0727. The molecule has 0 bridgehead atoms. The molecule has 0 aliphatic rings. The van der Waals surface area contributed by atoms with Gasteiger partial charge in [0, 0.05) is 38.9 Å². The molecule has 0 radical (unpaired) electrons. The number of aromatic nitrogens is 12. The third-order valence-corrected chi connectivity index (χ3v) is 16.9. The molecule has 6 aromatic heterocycles. The maximum absolute atomic E-state index is 12.0. The third kappa shape index (κ3) is 33.1. The van der Waals surface area contributed by atoms with Gasteiger partial charge in [0.1, 0.15) is 5.52 Å². The lowest BCUT2D eigenvalue weighted by molar-refractivity contribution is -0.141. The van der Waals surface area contributed by atoms with Crippen molar-refractivity contribution in [1.82, 2.24) is 58.6 Å². The molecule has 0 fully saturated rings. The van der Waals surface area contributed by atoms with Crippen molar-refractivity contribution in [3.8, 4) is 0 Å². The number of imidazole rings is 3. The highest BCUT2D eigenvalue weighted by molar-refractivity contribution is 6.35. The monoisotopic (exact) mass is 1320 g/mol. The molecule has 6 rings (SSSR count). The molecule has 0 spiro atoms. The molecule has 6 heterocycles. The van der Waals surface area contributed by atoms with Crippen LogP contribution in [-0.4, -0.2) is 95.8 Å². The van der Waals surface area contributed by atoms with Crippen LogP contribution in [0.25, 0.3) is 33.5 Å². The summed E-state index contributed by atoms with van der Waals surface area (Å²) in [6.07, 6.45) is 53.8. The maximum Gasteiger partial charge on any atom is 0.305 e. The molecule has 89 heavy (non-hydrogen) atoms. The van der Waals surface area contributed by atoms with E-state index in [1.54, 1.807) is 19.0 Å². The highest BCUT2D eigenvalue weighted by Gasteiger charge is 2.13. The predicted octanol–water partition coefficient (Wildman–Crippen LogP) is 17.5. The predicted molar refractivity (Wildman–Crippen MR) is 357 cm³/mol. The highest BCUT2D eigenvalue weighted by atomic mass is 35.5. The number of carboxylic acid groups (broad SMARTS) is 1. The van der Waals surface area contributed by atoms with E-state index in [4.69, 9.17) is 51.5 Å². The Morgan fingerprint density at radius 3 is 0.933 bits per heavy atom. The Morgan fingerprint density at radius 2 is 0.640 bits per heavy atom. The van der Waals surface area contributed by atoms with E-state index in [-0.39, 0.29) is 38.9 Å². The van der Waals surface area contributed by atoms with E-state index < -0.39 is 5.97 Å². The number of halogens is 4. The van der Waals surface area contributed by atoms with E-state index in [2.05, 4.69) is 54.3 Å². The van der Waals surface area contributed by atoms with Crippen molar-refractivity contribution >= 4 is 97.8 Å². The van der Waals surface area contributed by atoms with Crippen molar-refractivity contribution in [2.75, 3.05) is 14.2 Å². The maximum atomic E-state index is 12.0. The lowest BCUT2D eigenvalue weighted by Gasteiger charge is -2.06. The Kier molecular flexibility index (Phi) is 40.9. The molecule has 0 amide bonds. The molecule has 0 saturated heterocycles. The van der Waals surface area contributed by atoms with Gasteiger partial charge >= 0.3 is 17.9 Å². The number of rotatable bonds is 48. The molecule has 6 aromatic rings. The summed E-state index contributed by atoms with van der Waals surface area (Å²) in [6, 6.07) is 0. The topological polar surface area (TPSA) is 261 Å². The quantitative estimate of drug-likeness (QED) is 0.0139. The Balaban J connectivity index is 0.000000285. The summed E-state index contributed by atoms with van der Waals surface area (Å²) in [4.78, 5) is 90.2. The first-order valence-corrected chi connectivity index (χ1v) is 34.9. The Labute approximate surface area is 546 Å². The molecule has 0 aliphatic heterocycles. The number of nitrogens with zero attached hydrogens (tertiary/aromatic N) is 10. The van der Waals surface area contributed by atoms with Gasteiger partial charge in [-0.2, -0.15) is 15.0 Å². The third-order valence-electron chi connectivity index (χ3n) is 16.1. The standard InChI is InChI=1S/C22H34Cl2N4O2.C22H35ClN4O3.C21H33ClN4O3/c1-30-18(29)15-13-11-9-7-5-3-2-4-6-8-10-12-14-16-28-17-25-21-19(28)20(23)26-22(24)27-21;1-30-18(28)15-13-11-9-7-5-3-2-4-6-8-10-12-14-16-27-17-24-20-19(27)21(29)26-22(23)25-20;22-21-24-19-18(20(29)25-21)26(16-23-19)15-13-11-9-7-5-3-1-2-4-6-8-10-12-14-17(27)28/h17H,2-16H2,1H3;17H,2-16H2,1H3,(H,25,26,29);16H,1-15H2,(H,27,28)(H,24,25,29). The SMILES string of the molecule is COC(=O)CCCCCCCCCCCCCCCn1cnc2nc(Cl)[nH]c(=O)c21.COC(=O)CCCCCCCCCCCCCCCn1cnc2nc(Cl)nc(Cl)c21.O=C(O)CCCCCCCCCCCCCCCn1cnc2nc(Cl)[nH]c(=O)c21. The van der Waals surface area contributed by atoms with E-state index in [1.165, 1.54) is 188 Å². The average molecular weight is 1320 g/mol. The number of carbonyl (C=O) groups excluding carboxylic acids is 2. The number of aliphatic carboxylic acids is 1. The van der Waals surface area contributed by atoms with Crippen molar-refractivity contribution in [2.24, 2.45) is 0 Å². The Hall–Kier alpha value is -5.18. The van der Waals surface area contributed by atoms with E-state index in [9.17, 15) is 24.0 Å². The van der Waals surface area contributed by atoms with E-state index in [0.717, 1.165) is 102 Å². The van der Waals surface area contributed by atoms with Crippen LogP contribution in [-0.2, 0) is 43.5 Å². The van der Waals surface area contributed by atoms with Crippen molar-refractivity contribution in [3.05, 3.63) is 60.7 Å². The number of unbranched alkanes of at least 4 members (excludes halogenated alkanes) is 36. The second-order valence-electron chi connectivity index (χ2n) is 23.4. The van der Waals surface area contributed by atoms with E-state index in [1.807, 2.05) is 13.7 Å². The number of nitrogens with one attached hydrogen (secondary N) is 2. The zero-order valence-electron chi connectivity index (χ0n) is 53.3. The Bertz CT molecular complexity index is 3020. The number of carbonyl (C=O) groups is 3. The number of hydrogen-bond donors (Lipinski definition) is 3. The highest BCUT2D eigenvalue weighted by Crippen LogP contribution is 2.23. The molecule has 0 atom stereocenters. The van der Waals surface area contributed by atoms with Gasteiger partial charge in [0.25, 0.3) is 11.1 Å². The van der Waals surface area contributed by atoms with Crippen LogP contribution >= 0.6 is 46.4 Å². The zero-order chi connectivity index (χ0) is 64.1. The van der Waals surface area contributed by atoms with Crippen LogP contribution in [0, 0.1) is 0 Å². The first-order valence-electron chi connectivity index (χ1n) is 33.4. The van der Waals surface area contributed by atoms with Gasteiger partial charge in [0.05, 0.1) is 33.2 Å². The summed E-state index contributed by atoms with van der Waals surface area (Å²) in [5.41, 5.74) is 2.66. The molecule has 0 aliphatic carbocycles. The van der Waals surface area contributed by atoms with E-state index >= 15 is 0 Å². The van der Waals surface area contributed by atoms with Crippen molar-refractivity contribution in [2.45, 2.75) is 289 Å². The summed E-state index contributed by atoms with van der Waals surface area (Å²) >= 11 is 23.5. The number of methoxy groups -OCH3 is 2. The van der Waals surface area contributed by atoms with Crippen molar-refractivity contribution in [1.29, 1.82) is 0 Å². The first-order chi connectivity index (χ1) is 43.3. The van der Waals surface area contributed by atoms with Gasteiger partial charge in [-0.1, -0.05) is 223 Å². The number of aromatic amines is 2. The molecule has 498 valence electrons. The van der Waals surface area contributed by atoms with Crippen LogP contribution in [0.2, 0.25) is 21.0 Å². The average Bonchev–Trinajstić information content (AvgIpc) is 3.13. The smallest absolute Gasteiger partial charge is 0.305 e. The second kappa shape index (κ2) is 47.7. The molecule has 0 aromatic carbocycles. The summed E-state index contributed by atoms with van der Waals surface area (Å²) in [5, 5.41) is 9.23. The zero-order valence-corrected chi connectivity index (χ0v) is 56.4. The fourth-order valence-corrected chi connectivity index (χ4v) is 11.8. The summed E-state index contributed by atoms with van der Waals surface area (Å²) in [5.74, 6) is -0.865. The lowest BCUT2D eigenvalue weighted by Crippen LogP contribution is -2.12. The number of hydrogen-bond acceptors (Lipinski definition) is 14. The van der Waals surface area contributed by atoms with Crippen LogP contribution in [0.4, 0.5) is 0 Å². The van der Waals surface area contributed by atoms with Gasteiger partial charge in [-0.3, -0.25) is 33.9 Å². The minimum Gasteiger partial charge on any atom is -0.481 e. The number of H-pyrrole nitrogens is 2. The van der Waals surface area contributed by atoms with Gasteiger partial charge in [0.15, 0.2) is 33.1 Å². The van der Waals surface area contributed by atoms with Gasteiger partial charge in [-0.25, -0.2) is 19.9 Å². The molecule has 0 saturated carbocycles. The van der Waals surface area contributed by atoms with Gasteiger partial charge in [0.2, 0.25) is 15.9 Å². The first kappa shape index (κ1) is 76.3. The number of fused-ring (bicyclic) bond motifs is 3. The van der Waals surface area contributed by atoms with E-state index in [0.29, 0.717) is 52.4 Å². The largest absolute Gasteiger partial charge is 0.481 e. The minimum atomic E-state index is -0.682. The molecule has 3 N–H and O–H groups in total. The number of carboxylic acids is 1. The number of esters is 2. The van der Waals surface area contributed by atoms with Crippen molar-refractivity contribution in [3.63, 3.8) is 0 Å². The fraction of sp³-hybridized carbons (Fsp3) is 0.723. The van der Waals surface area contributed by atoms with Crippen molar-refractivity contribution < 1.29 is 29.0 Å². The second-order valence-corrected chi connectivity index (χ2v) is 24.8. The summed E-state index contributed by atoms with van der Waals surface area (Å²) in [6.45, 7) is 2.43. The van der Waals surface area contributed by atoms with Crippen LogP contribution in [0.15, 0.2) is 28.6 Å². The molecule has 0 unspecified atom stereocenters. The van der Waals surface area contributed by atoms with Crippen LogP contribution in [0.1, 0.15) is 270 Å². The normalized spacial score (nSPS) is 11.3. The molecule has 20 nitrogen and oxygen atoms in total. The number of ether oxygens (including phenoxy) is 2. The molecular formula is C65H102Cl4N12O8. The lowest BCUT2D eigenvalue weighted by atomic mass is 10.0. The summed E-state index contributed by atoms with van der Waals surface area (Å²) < 4.78 is 15.0. The van der Waals surface area contributed by atoms with Crippen LogP contribution in [0.5, 0.6) is 0 Å². The van der Waals surface area contributed by atoms with Gasteiger partial charge < -0.3 is 28.3 Å². The fourth-order valence-electron chi connectivity index (χ4n) is 11.0. The molecular weight excluding hydrogens is 1220 g/mol.